The van der Waals surface area contributed by atoms with Gasteiger partial charge in [0.25, 0.3) is 5.91 Å². The van der Waals surface area contributed by atoms with Gasteiger partial charge in [0, 0.05) is 31.9 Å². The number of carbonyl (C=O) groups excluding carboxylic acids is 1. The first-order valence-corrected chi connectivity index (χ1v) is 8.11. The molecule has 6 heteroatoms. The molecule has 0 N–H and O–H groups in total. The fraction of sp³-hybridized carbons (Fsp3) is 0.688. The molecular formula is C16H24N4O2. The van der Waals surface area contributed by atoms with E-state index in [2.05, 4.69) is 21.8 Å². The summed E-state index contributed by atoms with van der Waals surface area (Å²) < 4.78 is 5.36. The minimum Gasteiger partial charge on any atom is -0.378 e. The van der Waals surface area contributed by atoms with Gasteiger partial charge in [-0.1, -0.05) is 6.92 Å². The molecule has 22 heavy (non-hydrogen) atoms. The second-order valence-electron chi connectivity index (χ2n) is 6.29. The summed E-state index contributed by atoms with van der Waals surface area (Å²) in [6.45, 7) is 8.70. The minimum absolute atomic E-state index is 0.0339. The molecule has 1 atom stereocenters. The van der Waals surface area contributed by atoms with Crippen molar-refractivity contribution in [1.29, 1.82) is 0 Å². The number of aromatic nitrogens is 2. The van der Waals surface area contributed by atoms with Crippen LogP contribution in [-0.4, -0.2) is 60.2 Å². The molecule has 120 valence electrons. The zero-order valence-corrected chi connectivity index (χ0v) is 13.4. The van der Waals surface area contributed by atoms with Crippen LogP contribution in [0, 0.1) is 12.8 Å². The summed E-state index contributed by atoms with van der Waals surface area (Å²) in [6, 6.07) is 1.80. The highest BCUT2D eigenvalue weighted by Gasteiger charge is 2.24. The smallest absolute Gasteiger partial charge is 0.272 e. The van der Waals surface area contributed by atoms with Gasteiger partial charge in [-0.2, -0.15) is 0 Å². The highest BCUT2D eigenvalue weighted by molar-refractivity contribution is 5.92. The third-order valence-corrected chi connectivity index (χ3v) is 4.30. The number of likely N-dealkylation sites (tertiary alicyclic amines) is 1. The molecule has 2 saturated heterocycles. The van der Waals surface area contributed by atoms with Gasteiger partial charge in [0.05, 0.1) is 13.2 Å². The standard InChI is InChI=1S/C16H24N4O2/c1-12-4-3-5-20(11-12)15(21)14-10-13(2)17-16(18-14)19-6-8-22-9-7-19/h10,12H,3-9,11H2,1-2H3. The molecule has 0 aliphatic carbocycles. The van der Waals surface area contributed by atoms with Crippen molar-refractivity contribution in [3.05, 3.63) is 17.5 Å². The molecule has 6 nitrogen and oxygen atoms in total. The van der Waals surface area contributed by atoms with Crippen LogP contribution in [0.15, 0.2) is 6.07 Å². The van der Waals surface area contributed by atoms with Crippen LogP contribution in [0.25, 0.3) is 0 Å². The molecule has 0 aromatic carbocycles. The average Bonchev–Trinajstić information content (AvgIpc) is 2.54. The summed E-state index contributed by atoms with van der Waals surface area (Å²) in [5.41, 5.74) is 1.35. The van der Waals surface area contributed by atoms with Gasteiger partial charge < -0.3 is 14.5 Å². The van der Waals surface area contributed by atoms with Gasteiger partial charge in [-0.3, -0.25) is 4.79 Å². The SMILES string of the molecule is Cc1cc(C(=O)N2CCCC(C)C2)nc(N2CCOCC2)n1. The Kier molecular flexibility index (Phi) is 4.57. The number of piperidine rings is 1. The fourth-order valence-corrected chi connectivity index (χ4v) is 3.10. The molecule has 3 rings (SSSR count). The lowest BCUT2D eigenvalue weighted by atomic mass is 10.00. The van der Waals surface area contributed by atoms with E-state index in [0.29, 0.717) is 30.8 Å². The van der Waals surface area contributed by atoms with Crippen molar-refractivity contribution in [3.63, 3.8) is 0 Å². The Labute approximate surface area is 131 Å². The quantitative estimate of drug-likeness (QED) is 0.828. The maximum absolute atomic E-state index is 12.7. The van der Waals surface area contributed by atoms with Crippen molar-refractivity contribution >= 4 is 11.9 Å². The number of rotatable bonds is 2. The first-order valence-electron chi connectivity index (χ1n) is 8.11. The van der Waals surface area contributed by atoms with Crippen LogP contribution in [-0.2, 0) is 4.74 Å². The van der Waals surface area contributed by atoms with Crippen molar-refractivity contribution in [2.45, 2.75) is 26.7 Å². The number of amides is 1. The Morgan fingerprint density at radius 3 is 2.77 bits per heavy atom. The minimum atomic E-state index is 0.0339. The molecule has 0 spiro atoms. The highest BCUT2D eigenvalue weighted by Crippen LogP contribution is 2.19. The molecular weight excluding hydrogens is 280 g/mol. The van der Waals surface area contributed by atoms with Crippen molar-refractivity contribution < 1.29 is 9.53 Å². The monoisotopic (exact) mass is 304 g/mol. The van der Waals surface area contributed by atoms with Crippen LogP contribution in [0.3, 0.4) is 0 Å². The van der Waals surface area contributed by atoms with E-state index < -0.39 is 0 Å². The lowest BCUT2D eigenvalue weighted by molar-refractivity contribution is 0.0676. The van der Waals surface area contributed by atoms with Crippen molar-refractivity contribution in [3.8, 4) is 0 Å². The third kappa shape index (κ3) is 3.38. The predicted octanol–water partition coefficient (Wildman–Crippen LogP) is 1.49. The second kappa shape index (κ2) is 6.60. The zero-order valence-electron chi connectivity index (χ0n) is 13.4. The Morgan fingerprint density at radius 2 is 2.05 bits per heavy atom. The zero-order chi connectivity index (χ0) is 15.5. The molecule has 2 aliphatic rings. The Morgan fingerprint density at radius 1 is 1.27 bits per heavy atom. The molecule has 1 aromatic rings. The molecule has 2 fully saturated rings. The molecule has 1 aromatic heterocycles. The summed E-state index contributed by atoms with van der Waals surface area (Å²) in [7, 11) is 0. The van der Waals surface area contributed by atoms with Gasteiger partial charge >= 0.3 is 0 Å². The van der Waals surface area contributed by atoms with E-state index in [1.165, 1.54) is 6.42 Å². The summed E-state index contributed by atoms with van der Waals surface area (Å²) in [4.78, 5) is 25.8. The number of nitrogens with zero attached hydrogens (tertiary/aromatic N) is 4. The molecule has 1 unspecified atom stereocenters. The lowest BCUT2D eigenvalue weighted by Crippen LogP contribution is -2.40. The molecule has 1 amide bonds. The van der Waals surface area contributed by atoms with E-state index in [-0.39, 0.29) is 5.91 Å². The highest BCUT2D eigenvalue weighted by atomic mass is 16.5. The number of ether oxygens (including phenoxy) is 1. The molecule has 0 bridgehead atoms. The van der Waals surface area contributed by atoms with Crippen LogP contribution in [0.5, 0.6) is 0 Å². The van der Waals surface area contributed by atoms with Gasteiger partial charge in [-0.15, -0.1) is 0 Å². The van der Waals surface area contributed by atoms with Crippen molar-refractivity contribution in [1.82, 2.24) is 14.9 Å². The number of hydrogen-bond acceptors (Lipinski definition) is 5. The van der Waals surface area contributed by atoms with E-state index in [1.54, 1.807) is 6.07 Å². The Hall–Kier alpha value is -1.69. The van der Waals surface area contributed by atoms with Crippen LogP contribution in [0.4, 0.5) is 5.95 Å². The van der Waals surface area contributed by atoms with Gasteiger partial charge in [0.2, 0.25) is 5.95 Å². The molecule has 0 radical (unpaired) electrons. The number of anilines is 1. The number of carbonyl (C=O) groups is 1. The Bertz CT molecular complexity index is 543. The van der Waals surface area contributed by atoms with Gasteiger partial charge in [-0.25, -0.2) is 9.97 Å². The van der Waals surface area contributed by atoms with Crippen molar-refractivity contribution in [2.24, 2.45) is 5.92 Å². The largest absolute Gasteiger partial charge is 0.378 e. The molecule has 2 aliphatic heterocycles. The molecule has 0 saturated carbocycles. The maximum Gasteiger partial charge on any atom is 0.272 e. The number of hydrogen-bond donors (Lipinski definition) is 0. The average molecular weight is 304 g/mol. The van der Waals surface area contributed by atoms with E-state index in [0.717, 1.165) is 38.3 Å². The number of aryl methyl sites for hydroxylation is 1. The summed E-state index contributed by atoms with van der Waals surface area (Å²) in [5, 5.41) is 0. The summed E-state index contributed by atoms with van der Waals surface area (Å²) in [5.74, 6) is 1.25. The second-order valence-corrected chi connectivity index (χ2v) is 6.29. The van der Waals surface area contributed by atoms with Crippen LogP contribution < -0.4 is 4.90 Å². The summed E-state index contributed by atoms with van der Waals surface area (Å²) >= 11 is 0. The van der Waals surface area contributed by atoms with Gasteiger partial charge in [0.1, 0.15) is 5.69 Å². The van der Waals surface area contributed by atoms with Gasteiger partial charge in [-0.05, 0) is 31.7 Å². The van der Waals surface area contributed by atoms with E-state index >= 15 is 0 Å². The van der Waals surface area contributed by atoms with E-state index in [9.17, 15) is 4.79 Å². The van der Waals surface area contributed by atoms with Crippen molar-refractivity contribution in [2.75, 3.05) is 44.3 Å². The maximum atomic E-state index is 12.7. The first kappa shape index (κ1) is 15.2. The van der Waals surface area contributed by atoms with E-state index in [4.69, 9.17) is 4.74 Å². The van der Waals surface area contributed by atoms with Crippen LogP contribution >= 0.6 is 0 Å². The predicted molar refractivity (Wildman–Crippen MR) is 84.1 cm³/mol. The topological polar surface area (TPSA) is 58.6 Å². The van der Waals surface area contributed by atoms with E-state index in [1.807, 2.05) is 11.8 Å². The fourth-order valence-electron chi connectivity index (χ4n) is 3.10. The lowest BCUT2D eigenvalue weighted by Gasteiger charge is -2.31. The Balaban J connectivity index is 1.80. The summed E-state index contributed by atoms with van der Waals surface area (Å²) in [6.07, 6.45) is 2.28. The third-order valence-electron chi connectivity index (χ3n) is 4.30. The van der Waals surface area contributed by atoms with Crippen LogP contribution in [0.2, 0.25) is 0 Å². The normalized spacial score (nSPS) is 22.7. The van der Waals surface area contributed by atoms with Crippen LogP contribution in [0.1, 0.15) is 35.9 Å². The number of morpholine rings is 1. The van der Waals surface area contributed by atoms with Gasteiger partial charge in [0.15, 0.2) is 0 Å². The molecule has 3 heterocycles. The first-order chi connectivity index (χ1) is 10.6.